The number of anilines is 2. The molecular weight excluding hydrogens is 302 g/mol. The van der Waals surface area contributed by atoms with Gasteiger partial charge in [0.25, 0.3) is 0 Å². The van der Waals surface area contributed by atoms with Gasteiger partial charge in [0.15, 0.2) is 0 Å². The van der Waals surface area contributed by atoms with Crippen molar-refractivity contribution in [1.82, 2.24) is 4.98 Å². The van der Waals surface area contributed by atoms with Gasteiger partial charge in [0, 0.05) is 43.5 Å². The van der Waals surface area contributed by atoms with Crippen molar-refractivity contribution >= 4 is 17.5 Å². The summed E-state index contributed by atoms with van der Waals surface area (Å²) in [6, 6.07) is 13.8. The molecule has 1 atom stereocenters. The molecule has 24 heavy (non-hydrogen) atoms. The predicted molar refractivity (Wildman–Crippen MR) is 93.7 cm³/mol. The number of aromatic carboxylic acids is 1. The van der Waals surface area contributed by atoms with E-state index in [0.29, 0.717) is 5.56 Å². The first-order valence-electron chi connectivity index (χ1n) is 8.40. The van der Waals surface area contributed by atoms with Crippen LogP contribution >= 0.6 is 0 Å². The highest BCUT2D eigenvalue weighted by atomic mass is 16.4. The lowest BCUT2D eigenvalue weighted by Gasteiger charge is -2.26. The molecular formula is C19H21N3O2. The zero-order valence-electron chi connectivity index (χ0n) is 13.6. The lowest BCUT2D eigenvalue weighted by atomic mass is 9.86. The van der Waals surface area contributed by atoms with Crippen LogP contribution in [-0.2, 0) is 0 Å². The summed E-state index contributed by atoms with van der Waals surface area (Å²) in [5.74, 6) is -0.117. The maximum absolute atomic E-state index is 11.2. The van der Waals surface area contributed by atoms with Gasteiger partial charge in [-0.15, -0.1) is 0 Å². The molecule has 5 heteroatoms. The molecule has 5 nitrogen and oxygen atoms in total. The van der Waals surface area contributed by atoms with Crippen LogP contribution in [0.1, 0.15) is 23.2 Å². The SMILES string of the molecule is O=C(O)c1ccnc(N2CCC3(CCN(c4ccccc4)C3)C2)c1. The van der Waals surface area contributed by atoms with Crippen molar-refractivity contribution in [2.75, 3.05) is 36.0 Å². The molecule has 124 valence electrons. The summed E-state index contributed by atoms with van der Waals surface area (Å²) in [5.41, 5.74) is 1.88. The fourth-order valence-corrected chi connectivity index (χ4v) is 3.98. The Kier molecular flexibility index (Phi) is 3.63. The molecule has 1 spiro atoms. The fraction of sp³-hybridized carbons (Fsp3) is 0.368. The molecule has 2 aliphatic heterocycles. The minimum atomic E-state index is -0.899. The minimum Gasteiger partial charge on any atom is -0.478 e. The second-order valence-electron chi connectivity index (χ2n) is 6.89. The monoisotopic (exact) mass is 323 g/mol. The van der Waals surface area contributed by atoms with Gasteiger partial charge in [-0.2, -0.15) is 0 Å². The highest BCUT2D eigenvalue weighted by Gasteiger charge is 2.43. The maximum atomic E-state index is 11.2. The number of benzene rings is 1. The first-order valence-corrected chi connectivity index (χ1v) is 8.40. The van der Waals surface area contributed by atoms with Crippen molar-refractivity contribution in [2.24, 2.45) is 5.41 Å². The summed E-state index contributed by atoms with van der Waals surface area (Å²) in [6.45, 7) is 4.04. The van der Waals surface area contributed by atoms with Gasteiger partial charge in [-0.25, -0.2) is 9.78 Å². The van der Waals surface area contributed by atoms with Gasteiger partial charge in [0.1, 0.15) is 5.82 Å². The number of para-hydroxylation sites is 1. The smallest absolute Gasteiger partial charge is 0.335 e. The predicted octanol–water partition coefficient (Wildman–Crippen LogP) is 2.89. The van der Waals surface area contributed by atoms with Gasteiger partial charge >= 0.3 is 5.97 Å². The Balaban J connectivity index is 1.49. The van der Waals surface area contributed by atoms with Crippen LogP contribution in [0.2, 0.25) is 0 Å². The van der Waals surface area contributed by atoms with Crippen LogP contribution in [0.5, 0.6) is 0 Å². The zero-order valence-corrected chi connectivity index (χ0v) is 13.6. The van der Waals surface area contributed by atoms with Gasteiger partial charge in [0.2, 0.25) is 0 Å². The summed E-state index contributed by atoms with van der Waals surface area (Å²) in [5, 5.41) is 9.16. The number of carbonyl (C=O) groups is 1. The number of hydrogen-bond donors (Lipinski definition) is 1. The second kappa shape index (κ2) is 5.82. The average Bonchev–Trinajstić information content (AvgIpc) is 3.23. The van der Waals surface area contributed by atoms with E-state index in [9.17, 15) is 4.79 Å². The van der Waals surface area contributed by atoms with Crippen molar-refractivity contribution in [3.8, 4) is 0 Å². The van der Waals surface area contributed by atoms with Crippen molar-refractivity contribution < 1.29 is 9.90 Å². The van der Waals surface area contributed by atoms with Crippen LogP contribution < -0.4 is 9.80 Å². The van der Waals surface area contributed by atoms with Crippen molar-refractivity contribution in [3.05, 3.63) is 54.2 Å². The molecule has 1 aromatic heterocycles. The average molecular weight is 323 g/mol. The molecule has 0 aliphatic carbocycles. The Hall–Kier alpha value is -2.56. The van der Waals surface area contributed by atoms with E-state index in [1.165, 1.54) is 12.1 Å². The van der Waals surface area contributed by atoms with Gasteiger partial charge < -0.3 is 14.9 Å². The Morgan fingerprint density at radius 3 is 2.50 bits per heavy atom. The van der Waals surface area contributed by atoms with Gasteiger partial charge in [0.05, 0.1) is 5.56 Å². The van der Waals surface area contributed by atoms with Crippen LogP contribution in [-0.4, -0.2) is 42.2 Å². The van der Waals surface area contributed by atoms with E-state index in [0.717, 1.165) is 38.4 Å². The lowest BCUT2D eigenvalue weighted by molar-refractivity contribution is 0.0697. The van der Waals surface area contributed by atoms with Gasteiger partial charge in [-0.3, -0.25) is 0 Å². The molecule has 1 unspecified atom stereocenters. The van der Waals surface area contributed by atoms with E-state index in [1.54, 1.807) is 18.3 Å². The molecule has 2 aromatic rings. The summed E-state index contributed by atoms with van der Waals surface area (Å²) in [6.07, 6.45) is 3.90. The first-order chi connectivity index (χ1) is 11.7. The van der Waals surface area contributed by atoms with Gasteiger partial charge in [-0.1, -0.05) is 18.2 Å². The Labute approximate surface area is 141 Å². The highest BCUT2D eigenvalue weighted by Crippen LogP contribution is 2.42. The Morgan fingerprint density at radius 2 is 1.75 bits per heavy atom. The number of carboxylic acids is 1. The van der Waals surface area contributed by atoms with Crippen LogP contribution in [0.3, 0.4) is 0 Å². The standard InChI is InChI=1S/C19H21N3O2/c23-18(24)15-6-9-20-17(12-15)22-11-8-19(14-22)7-10-21(13-19)16-4-2-1-3-5-16/h1-6,9,12H,7-8,10-11,13-14H2,(H,23,24). The summed E-state index contributed by atoms with van der Waals surface area (Å²) in [4.78, 5) is 20.2. The molecule has 0 bridgehead atoms. The van der Waals surface area contributed by atoms with Crippen LogP contribution in [0, 0.1) is 5.41 Å². The molecule has 3 heterocycles. The lowest BCUT2D eigenvalue weighted by Crippen LogP contribution is -2.31. The van der Waals surface area contributed by atoms with Crippen molar-refractivity contribution in [2.45, 2.75) is 12.8 Å². The Morgan fingerprint density at radius 1 is 1.04 bits per heavy atom. The molecule has 2 fully saturated rings. The Bertz CT molecular complexity index is 749. The summed E-state index contributed by atoms with van der Waals surface area (Å²) in [7, 11) is 0. The summed E-state index contributed by atoms with van der Waals surface area (Å²) < 4.78 is 0. The minimum absolute atomic E-state index is 0.288. The molecule has 4 rings (SSSR count). The van der Waals surface area contributed by atoms with E-state index >= 15 is 0 Å². The number of pyridine rings is 1. The van der Waals surface area contributed by atoms with E-state index in [4.69, 9.17) is 5.11 Å². The number of nitrogens with zero attached hydrogens (tertiary/aromatic N) is 3. The fourth-order valence-electron chi connectivity index (χ4n) is 3.98. The number of carboxylic acid groups (broad SMARTS) is 1. The third-order valence-electron chi connectivity index (χ3n) is 5.31. The van der Waals surface area contributed by atoms with Crippen LogP contribution in [0.4, 0.5) is 11.5 Å². The molecule has 1 N–H and O–H groups in total. The quantitative estimate of drug-likeness (QED) is 0.941. The molecule has 0 amide bonds. The molecule has 0 saturated carbocycles. The van der Waals surface area contributed by atoms with E-state index < -0.39 is 5.97 Å². The first kappa shape index (κ1) is 15.0. The normalized spacial score (nSPS) is 23.2. The second-order valence-corrected chi connectivity index (χ2v) is 6.89. The molecule has 2 saturated heterocycles. The molecule has 1 aromatic carbocycles. The largest absolute Gasteiger partial charge is 0.478 e. The number of hydrogen-bond acceptors (Lipinski definition) is 4. The van der Waals surface area contributed by atoms with Gasteiger partial charge in [-0.05, 0) is 37.1 Å². The van der Waals surface area contributed by atoms with E-state index in [1.807, 2.05) is 6.07 Å². The van der Waals surface area contributed by atoms with Crippen molar-refractivity contribution in [1.29, 1.82) is 0 Å². The molecule has 2 aliphatic rings. The number of rotatable bonds is 3. The topological polar surface area (TPSA) is 56.7 Å². The zero-order chi connectivity index (χ0) is 16.6. The molecule has 0 radical (unpaired) electrons. The van der Waals surface area contributed by atoms with Crippen molar-refractivity contribution in [3.63, 3.8) is 0 Å². The maximum Gasteiger partial charge on any atom is 0.335 e. The van der Waals surface area contributed by atoms with Crippen LogP contribution in [0.25, 0.3) is 0 Å². The van der Waals surface area contributed by atoms with E-state index in [-0.39, 0.29) is 5.41 Å². The third kappa shape index (κ3) is 2.70. The van der Waals surface area contributed by atoms with Crippen LogP contribution in [0.15, 0.2) is 48.7 Å². The van der Waals surface area contributed by atoms with E-state index in [2.05, 4.69) is 39.0 Å². The highest BCUT2D eigenvalue weighted by molar-refractivity contribution is 5.88. The number of aromatic nitrogens is 1. The third-order valence-corrected chi connectivity index (χ3v) is 5.31. The summed E-state index contributed by atoms with van der Waals surface area (Å²) >= 11 is 0.